The van der Waals surface area contributed by atoms with E-state index in [4.69, 9.17) is 0 Å². The second-order valence-electron chi connectivity index (χ2n) is 7.27. The monoisotopic (exact) mass is 395 g/mol. The highest BCUT2D eigenvalue weighted by atomic mass is 19.1. The van der Waals surface area contributed by atoms with E-state index in [0.29, 0.717) is 38.0 Å². The number of fused-ring (bicyclic) bond motifs is 1. The molecule has 3 heterocycles. The van der Waals surface area contributed by atoms with Gasteiger partial charge in [0.2, 0.25) is 11.8 Å². The molecule has 0 radical (unpaired) electrons. The van der Waals surface area contributed by atoms with Crippen LogP contribution in [0.5, 0.6) is 0 Å². The summed E-state index contributed by atoms with van der Waals surface area (Å²) in [7, 11) is 0. The van der Waals surface area contributed by atoms with Crippen molar-refractivity contribution in [2.45, 2.75) is 25.8 Å². The number of hydrogen-bond acceptors (Lipinski definition) is 4. The number of nitrogens with one attached hydrogen (secondary N) is 2. The Labute approximate surface area is 167 Å². The minimum absolute atomic E-state index is 0.00327. The lowest BCUT2D eigenvalue weighted by atomic mass is 10.1. The number of carbonyl (C=O) groups excluding carboxylic acids is 2. The molecular weight excluding hydrogens is 373 g/mol. The van der Waals surface area contributed by atoms with E-state index in [1.807, 2.05) is 12.1 Å². The second-order valence-corrected chi connectivity index (χ2v) is 7.27. The van der Waals surface area contributed by atoms with E-state index < -0.39 is 0 Å². The van der Waals surface area contributed by atoms with Crippen LogP contribution in [-0.4, -0.2) is 44.8 Å². The van der Waals surface area contributed by atoms with Gasteiger partial charge < -0.3 is 15.2 Å². The number of pyridine rings is 1. The van der Waals surface area contributed by atoms with Crippen molar-refractivity contribution < 1.29 is 14.0 Å². The van der Waals surface area contributed by atoms with Crippen molar-refractivity contribution in [2.24, 2.45) is 5.92 Å². The number of halogens is 1. The predicted molar refractivity (Wildman–Crippen MR) is 105 cm³/mol. The van der Waals surface area contributed by atoms with Gasteiger partial charge in [0.15, 0.2) is 0 Å². The van der Waals surface area contributed by atoms with Crippen LogP contribution in [0.4, 0.5) is 4.39 Å². The first-order valence-corrected chi connectivity index (χ1v) is 9.67. The van der Waals surface area contributed by atoms with Gasteiger partial charge in [0.25, 0.3) is 0 Å². The number of aromatic amines is 1. The standard InChI is InChI=1S/C21H22FN5O2/c22-16-3-4-17-18(11-16)26-19(25-17)2-1-7-24-21(29)15-10-20(28)27(13-15)12-14-5-8-23-9-6-14/h3-6,8-9,11,15H,1-2,7,10,12-13H2,(H,24,29)(H,25,26). The van der Waals surface area contributed by atoms with E-state index in [1.165, 1.54) is 12.1 Å². The quantitative estimate of drug-likeness (QED) is 0.600. The van der Waals surface area contributed by atoms with Crippen LogP contribution in [0.25, 0.3) is 11.0 Å². The van der Waals surface area contributed by atoms with Crippen molar-refractivity contribution in [2.75, 3.05) is 13.1 Å². The van der Waals surface area contributed by atoms with Gasteiger partial charge in [0, 0.05) is 44.9 Å². The second kappa shape index (κ2) is 8.38. The fourth-order valence-corrected chi connectivity index (χ4v) is 3.57. The predicted octanol–water partition coefficient (Wildman–Crippen LogP) is 2.19. The molecule has 1 unspecified atom stereocenters. The van der Waals surface area contributed by atoms with Crippen LogP contribution >= 0.6 is 0 Å². The molecule has 0 aliphatic carbocycles. The molecule has 2 aromatic heterocycles. The highest BCUT2D eigenvalue weighted by Gasteiger charge is 2.33. The summed E-state index contributed by atoms with van der Waals surface area (Å²) in [6.07, 6.45) is 4.98. The third kappa shape index (κ3) is 4.59. The van der Waals surface area contributed by atoms with Crippen molar-refractivity contribution in [3.05, 3.63) is 59.9 Å². The van der Waals surface area contributed by atoms with Gasteiger partial charge in [-0.3, -0.25) is 14.6 Å². The minimum Gasteiger partial charge on any atom is -0.356 e. The number of imidazole rings is 1. The number of hydrogen-bond donors (Lipinski definition) is 2. The molecular formula is C21H22FN5O2. The van der Waals surface area contributed by atoms with E-state index in [2.05, 4.69) is 20.3 Å². The van der Waals surface area contributed by atoms with Crippen molar-refractivity contribution in [3.63, 3.8) is 0 Å². The zero-order valence-corrected chi connectivity index (χ0v) is 15.9. The number of aromatic nitrogens is 3. The summed E-state index contributed by atoms with van der Waals surface area (Å²) >= 11 is 0. The number of rotatable bonds is 7. The molecule has 29 heavy (non-hydrogen) atoms. The lowest BCUT2D eigenvalue weighted by molar-refractivity contribution is -0.129. The number of likely N-dealkylation sites (tertiary alicyclic amines) is 1. The maximum atomic E-state index is 13.2. The molecule has 2 amide bonds. The molecule has 0 spiro atoms. The summed E-state index contributed by atoms with van der Waals surface area (Å²) < 4.78 is 13.2. The number of amides is 2. The van der Waals surface area contributed by atoms with Crippen molar-refractivity contribution in [3.8, 4) is 0 Å². The van der Waals surface area contributed by atoms with E-state index in [9.17, 15) is 14.0 Å². The molecule has 1 atom stereocenters. The van der Waals surface area contributed by atoms with Gasteiger partial charge in [0.1, 0.15) is 11.6 Å². The Balaban J connectivity index is 1.23. The van der Waals surface area contributed by atoms with Gasteiger partial charge in [-0.05, 0) is 42.3 Å². The fourth-order valence-electron chi connectivity index (χ4n) is 3.57. The Morgan fingerprint density at radius 1 is 1.28 bits per heavy atom. The highest BCUT2D eigenvalue weighted by Crippen LogP contribution is 2.20. The molecule has 7 nitrogen and oxygen atoms in total. The molecule has 150 valence electrons. The number of benzene rings is 1. The molecule has 4 rings (SSSR count). The Morgan fingerprint density at radius 3 is 2.93 bits per heavy atom. The van der Waals surface area contributed by atoms with Gasteiger partial charge in [-0.2, -0.15) is 0 Å². The van der Waals surface area contributed by atoms with Crippen molar-refractivity contribution >= 4 is 22.8 Å². The van der Waals surface area contributed by atoms with E-state index >= 15 is 0 Å². The maximum absolute atomic E-state index is 13.2. The van der Waals surface area contributed by atoms with Gasteiger partial charge in [-0.1, -0.05) is 0 Å². The molecule has 0 bridgehead atoms. The lowest BCUT2D eigenvalue weighted by Crippen LogP contribution is -2.33. The van der Waals surface area contributed by atoms with Crippen LogP contribution in [0.15, 0.2) is 42.7 Å². The zero-order chi connectivity index (χ0) is 20.2. The number of nitrogens with zero attached hydrogens (tertiary/aromatic N) is 3. The van der Waals surface area contributed by atoms with Crippen LogP contribution < -0.4 is 5.32 Å². The third-order valence-electron chi connectivity index (χ3n) is 5.09. The van der Waals surface area contributed by atoms with Gasteiger partial charge in [0.05, 0.1) is 17.0 Å². The van der Waals surface area contributed by atoms with Gasteiger partial charge >= 0.3 is 0 Å². The van der Waals surface area contributed by atoms with Gasteiger partial charge in [-0.25, -0.2) is 9.37 Å². The molecule has 1 aromatic carbocycles. The smallest absolute Gasteiger partial charge is 0.225 e. The number of aryl methyl sites for hydroxylation is 1. The van der Waals surface area contributed by atoms with E-state index in [1.54, 1.807) is 23.4 Å². The molecule has 0 saturated carbocycles. The zero-order valence-electron chi connectivity index (χ0n) is 15.9. The lowest BCUT2D eigenvalue weighted by Gasteiger charge is -2.16. The SMILES string of the molecule is O=C(NCCCc1nc2ccc(F)cc2[nH]1)C1CC(=O)N(Cc2ccncc2)C1. The summed E-state index contributed by atoms with van der Waals surface area (Å²) in [6.45, 7) is 1.43. The van der Waals surface area contributed by atoms with Crippen molar-refractivity contribution in [1.29, 1.82) is 0 Å². The molecule has 1 aliphatic rings. The Morgan fingerprint density at radius 2 is 2.10 bits per heavy atom. The number of carbonyl (C=O) groups is 2. The summed E-state index contributed by atoms with van der Waals surface area (Å²) in [5.74, 6) is 0.0423. The summed E-state index contributed by atoms with van der Waals surface area (Å²) in [5, 5.41) is 2.91. The molecule has 1 aliphatic heterocycles. The molecule has 1 saturated heterocycles. The van der Waals surface area contributed by atoms with E-state index in [0.717, 1.165) is 16.9 Å². The van der Waals surface area contributed by atoms with Gasteiger partial charge in [-0.15, -0.1) is 0 Å². The van der Waals surface area contributed by atoms with Crippen LogP contribution in [0.3, 0.4) is 0 Å². The van der Waals surface area contributed by atoms with E-state index in [-0.39, 0.29) is 30.0 Å². The average molecular weight is 395 g/mol. The largest absolute Gasteiger partial charge is 0.356 e. The first kappa shape index (κ1) is 19.0. The normalized spacial score (nSPS) is 16.5. The Hall–Kier alpha value is -3.29. The first-order valence-electron chi connectivity index (χ1n) is 9.67. The fraction of sp³-hybridized carbons (Fsp3) is 0.333. The van der Waals surface area contributed by atoms with Crippen LogP contribution in [0.1, 0.15) is 24.2 Å². The average Bonchev–Trinajstić information content (AvgIpc) is 3.28. The topological polar surface area (TPSA) is 91.0 Å². The third-order valence-corrected chi connectivity index (χ3v) is 5.09. The van der Waals surface area contributed by atoms with Crippen molar-refractivity contribution in [1.82, 2.24) is 25.2 Å². The molecule has 2 N–H and O–H groups in total. The Bertz CT molecular complexity index is 1020. The molecule has 1 fully saturated rings. The van der Waals surface area contributed by atoms with Crippen LogP contribution in [0, 0.1) is 11.7 Å². The van der Waals surface area contributed by atoms with Crippen LogP contribution in [0.2, 0.25) is 0 Å². The summed E-state index contributed by atoms with van der Waals surface area (Å²) in [6, 6.07) is 8.18. The highest BCUT2D eigenvalue weighted by molar-refractivity contribution is 5.89. The maximum Gasteiger partial charge on any atom is 0.225 e. The first-order chi connectivity index (χ1) is 14.1. The number of H-pyrrole nitrogens is 1. The molecule has 8 heteroatoms. The van der Waals surface area contributed by atoms with Crippen LogP contribution in [-0.2, 0) is 22.6 Å². The minimum atomic E-state index is -0.321. The Kier molecular flexibility index (Phi) is 5.50. The summed E-state index contributed by atoms with van der Waals surface area (Å²) in [4.78, 5) is 37.8. The molecule has 3 aromatic rings. The summed E-state index contributed by atoms with van der Waals surface area (Å²) in [5.41, 5.74) is 2.40.